The average molecular weight is 461 g/mol. The van der Waals surface area contributed by atoms with Gasteiger partial charge in [-0.3, -0.25) is 4.99 Å². The summed E-state index contributed by atoms with van der Waals surface area (Å²) in [6.45, 7) is 7.16. The van der Waals surface area contributed by atoms with Crippen molar-refractivity contribution < 1.29 is 9.15 Å². The standard InChI is InChI=1S/C19H31N3O2.HI/c1-3-4-6-13-22(2)19(20-12-11-17-10-8-15-23-17)21-16-18-9-5-7-14-24-18;/h3,8,10,15,18H,1,4-7,9,11-14,16H2,2H3,(H,20,21);1H. The minimum atomic E-state index is 0. The number of furan rings is 1. The molecule has 1 fully saturated rings. The van der Waals surface area contributed by atoms with Gasteiger partial charge in [0.15, 0.2) is 5.96 Å². The second-order valence-electron chi connectivity index (χ2n) is 6.26. The van der Waals surface area contributed by atoms with Crippen molar-refractivity contribution in [2.24, 2.45) is 4.99 Å². The van der Waals surface area contributed by atoms with Gasteiger partial charge in [0.2, 0.25) is 0 Å². The Labute approximate surface area is 168 Å². The first kappa shape index (κ1) is 22.0. The van der Waals surface area contributed by atoms with Gasteiger partial charge in [-0.1, -0.05) is 6.08 Å². The number of ether oxygens (including phenoxy) is 1. The molecule has 142 valence electrons. The first-order valence-corrected chi connectivity index (χ1v) is 9.04. The van der Waals surface area contributed by atoms with Gasteiger partial charge >= 0.3 is 0 Å². The lowest BCUT2D eigenvalue weighted by molar-refractivity contribution is 0.0223. The van der Waals surface area contributed by atoms with E-state index in [-0.39, 0.29) is 30.1 Å². The van der Waals surface area contributed by atoms with E-state index in [1.54, 1.807) is 6.26 Å². The second kappa shape index (κ2) is 13.2. The summed E-state index contributed by atoms with van der Waals surface area (Å²) in [4.78, 5) is 6.98. The van der Waals surface area contributed by atoms with Crippen LogP contribution in [0, 0.1) is 0 Å². The van der Waals surface area contributed by atoms with Crippen molar-refractivity contribution in [1.82, 2.24) is 10.2 Å². The molecule has 1 saturated heterocycles. The van der Waals surface area contributed by atoms with Gasteiger partial charge in [-0.25, -0.2) is 0 Å². The zero-order chi connectivity index (χ0) is 17.0. The molecule has 2 heterocycles. The average Bonchev–Trinajstić information content (AvgIpc) is 3.12. The van der Waals surface area contributed by atoms with E-state index in [1.807, 2.05) is 18.2 Å². The van der Waals surface area contributed by atoms with Crippen LogP contribution in [0.25, 0.3) is 0 Å². The molecule has 0 amide bonds. The number of nitrogens with one attached hydrogen (secondary N) is 1. The Kier molecular flexibility index (Phi) is 11.6. The Morgan fingerprint density at radius 3 is 3.04 bits per heavy atom. The van der Waals surface area contributed by atoms with Crippen LogP contribution in [0.3, 0.4) is 0 Å². The molecule has 1 aromatic rings. The number of rotatable bonds is 9. The second-order valence-corrected chi connectivity index (χ2v) is 6.26. The third-order valence-corrected chi connectivity index (χ3v) is 4.22. The largest absolute Gasteiger partial charge is 0.469 e. The van der Waals surface area contributed by atoms with Crippen molar-refractivity contribution in [2.75, 3.05) is 33.3 Å². The molecule has 6 heteroatoms. The molecule has 1 aliphatic rings. The fraction of sp³-hybridized carbons (Fsp3) is 0.632. The highest BCUT2D eigenvalue weighted by Crippen LogP contribution is 2.12. The molecule has 1 atom stereocenters. The summed E-state index contributed by atoms with van der Waals surface area (Å²) >= 11 is 0. The first-order chi connectivity index (χ1) is 11.8. The number of guanidine groups is 1. The molecule has 25 heavy (non-hydrogen) atoms. The van der Waals surface area contributed by atoms with E-state index in [4.69, 9.17) is 14.1 Å². The van der Waals surface area contributed by atoms with E-state index in [2.05, 4.69) is 23.8 Å². The van der Waals surface area contributed by atoms with Crippen LogP contribution < -0.4 is 5.32 Å². The third-order valence-electron chi connectivity index (χ3n) is 4.22. The van der Waals surface area contributed by atoms with Crippen molar-refractivity contribution in [1.29, 1.82) is 0 Å². The monoisotopic (exact) mass is 461 g/mol. The van der Waals surface area contributed by atoms with Crippen molar-refractivity contribution >= 4 is 29.9 Å². The SMILES string of the molecule is C=CCCCN(C)C(=NCC1CCCCO1)NCCc1ccco1.I. The van der Waals surface area contributed by atoms with Crippen LogP contribution in [0.4, 0.5) is 0 Å². The Bertz CT molecular complexity index is 485. The van der Waals surface area contributed by atoms with Gasteiger partial charge in [-0.15, -0.1) is 30.6 Å². The lowest BCUT2D eigenvalue weighted by Crippen LogP contribution is -2.41. The van der Waals surface area contributed by atoms with Gasteiger partial charge in [-0.2, -0.15) is 0 Å². The summed E-state index contributed by atoms with van der Waals surface area (Å²) in [5.41, 5.74) is 0. The van der Waals surface area contributed by atoms with E-state index in [9.17, 15) is 0 Å². The van der Waals surface area contributed by atoms with E-state index < -0.39 is 0 Å². The van der Waals surface area contributed by atoms with Gasteiger partial charge in [0, 0.05) is 33.2 Å². The molecule has 1 N–H and O–H groups in total. The topological polar surface area (TPSA) is 50.0 Å². The Morgan fingerprint density at radius 2 is 2.36 bits per heavy atom. The van der Waals surface area contributed by atoms with Crippen molar-refractivity contribution in [3.63, 3.8) is 0 Å². The fourth-order valence-corrected chi connectivity index (χ4v) is 2.78. The Balaban J connectivity index is 0.00000312. The number of halogens is 1. The zero-order valence-corrected chi connectivity index (χ0v) is 17.6. The van der Waals surface area contributed by atoms with Gasteiger partial charge in [-0.05, 0) is 44.2 Å². The molecule has 1 unspecified atom stereocenters. The summed E-state index contributed by atoms with van der Waals surface area (Å²) in [5.74, 6) is 1.94. The highest BCUT2D eigenvalue weighted by molar-refractivity contribution is 14.0. The Hall–Kier alpha value is -1.02. The van der Waals surface area contributed by atoms with E-state index in [0.717, 1.165) is 63.6 Å². The molecule has 0 bridgehead atoms. The fourth-order valence-electron chi connectivity index (χ4n) is 2.78. The highest BCUT2D eigenvalue weighted by atomic mass is 127. The summed E-state index contributed by atoms with van der Waals surface area (Å²) in [5, 5.41) is 3.46. The maximum atomic E-state index is 5.79. The molecule has 0 radical (unpaired) electrons. The van der Waals surface area contributed by atoms with Crippen molar-refractivity contribution in [3.8, 4) is 0 Å². The van der Waals surface area contributed by atoms with Crippen molar-refractivity contribution in [3.05, 3.63) is 36.8 Å². The molecular weight excluding hydrogens is 429 g/mol. The van der Waals surface area contributed by atoms with Gasteiger partial charge < -0.3 is 19.4 Å². The van der Waals surface area contributed by atoms with Gasteiger partial charge in [0.1, 0.15) is 5.76 Å². The summed E-state index contributed by atoms with van der Waals surface area (Å²) < 4.78 is 11.2. The number of nitrogens with zero attached hydrogens (tertiary/aromatic N) is 2. The molecule has 1 aromatic heterocycles. The van der Waals surface area contributed by atoms with Gasteiger partial charge in [0.05, 0.1) is 18.9 Å². The van der Waals surface area contributed by atoms with Crippen LogP contribution in [0.1, 0.15) is 37.9 Å². The first-order valence-electron chi connectivity index (χ1n) is 9.04. The highest BCUT2D eigenvalue weighted by Gasteiger charge is 2.14. The minimum Gasteiger partial charge on any atom is -0.469 e. The zero-order valence-electron chi connectivity index (χ0n) is 15.3. The predicted molar refractivity (Wildman–Crippen MR) is 114 cm³/mol. The minimum absolute atomic E-state index is 0. The molecule has 0 aliphatic carbocycles. The Morgan fingerprint density at radius 1 is 1.48 bits per heavy atom. The lowest BCUT2D eigenvalue weighted by atomic mass is 10.1. The van der Waals surface area contributed by atoms with E-state index >= 15 is 0 Å². The third kappa shape index (κ3) is 8.76. The number of aliphatic imine (C=N–C) groups is 1. The normalized spacial score (nSPS) is 17.6. The van der Waals surface area contributed by atoms with Crippen LogP contribution in [0.2, 0.25) is 0 Å². The lowest BCUT2D eigenvalue weighted by Gasteiger charge is -2.25. The molecule has 0 saturated carbocycles. The molecule has 2 rings (SSSR count). The van der Waals surface area contributed by atoms with Crippen LogP contribution in [-0.4, -0.2) is 50.3 Å². The molecule has 1 aliphatic heterocycles. The molecule has 0 spiro atoms. The predicted octanol–water partition coefficient (Wildman–Crippen LogP) is 3.85. The van der Waals surface area contributed by atoms with Crippen molar-refractivity contribution in [2.45, 2.75) is 44.6 Å². The summed E-state index contributed by atoms with van der Waals surface area (Å²) in [6.07, 6.45) is 10.4. The van der Waals surface area contributed by atoms with Crippen LogP contribution >= 0.6 is 24.0 Å². The molecule has 5 nitrogen and oxygen atoms in total. The number of hydrogen-bond acceptors (Lipinski definition) is 3. The van der Waals surface area contributed by atoms with Crippen LogP contribution in [0.15, 0.2) is 40.5 Å². The summed E-state index contributed by atoms with van der Waals surface area (Å²) in [7, 11) is 2.09. The maximum Gasteiger partial charge on any atom is 0.193 e. The van der Waals surface area contributed by atoms with Crippen LogP contribution in [0.5, 0.6) is 0 Å². The number of allylic oxidation sites excluding steroid dienone is 1. The number of unbranched alkanes of at least 4 members (excludes halogenated alkanes) is 1. The van der Waals surface area contributed by atoms with Crippen LogP contribution in [-0.2, 0) is 11.2 Å². The van der Waals surface area contributed by atoms with E-state index in [1.165, 1.54) is 12.8 Å². The smallest absolute Gasteiger partial charge is 0.193 e. The maximum absolute atomic E-state index is 5.79. The molecular formula is C19H32IN3O2. The molecule has 0 aromatic carbocycles. The van der Waals surface area contributed by atoms with Gasteiger partial charge in [0.25, 0.3) is 0 Å². The number of hydrogen-bond donors (Lipinski definition) is 1. The summed E-state index contributed by atoms with van der Waals surface area (Å²) in [6, 6.07) is 3.92. The van der Waals surface area contributed by atoms with E-state index in [0.29, 0.717) is 0 Å². The quantitative estimate of drug-likeness (QED) is 0.200.